The van der Waals surface area contributed by atoms with Gasteiger partial charge in [0.15, 0.2) is 0 Å². The van der Waals surface area contributed by atoms with Gasteiger partial charge in [0.25, 0.3) is 5.91 Å². The molecule has 3 rings (SSSR count). The van der Waals surface area contributed by atoms with Crippen LogP contribution in [0.1, 0.15) is 49.2 Å². The summed E-state index contributed by atoms with van der Waals surface area (Å²) < 4.78 is 12.1. The molecule has 2 aromatic rings. The highest BCUT2D eigenvalue weighted by molar-refractivity contribution is 6.62. The lowest BCUT2D eigenvalue weighted by atomic mass is 9.79. The van der Waals surface area contributed by atoms with Crippen LogP contribution in [0.3, 0.4) is 0 Å². The molecule has 1 N–H and O–H groups in total. The van der Waals surface area contributed by atoms with Crippen molar-refractivity contribution in [2.45, 2.75) is 52.4 Å². The number of benzene rings is 2. The van der Waals surface area contributed by atoms with E-state index >= 15 is 0 Å². The predicted octanol–water partition coefficient (Wildman–Crippen LogP) is 3.16. The Labute approximate surface area is 161 Å². The molecule has 0 spiro atoms. The Balaban J connectivity index is 1.53. The smallest absolute Gasteiger partial charge is 0.399 e. The molecule has 1 aliphatic heterocycles. The van der Waals surface area contributed by atoms with Crippen molar-refractivity contribution in [2.75, 3.05) is 0 Å². The van der Waals surface area contributed by atoms with Crippen LogP contribution in [0.15, 0.2) is 48.5 Å². The predicted molar refractivity (Wildman–Crippen MR) is 106 cm³/mol. The molecule has 0 aromatic heterocycles. The first-order valence-electron chi connectivity index (χ1n) is 9.11. The zero-order valence-corrected chi connectivity index (χ0v) is 16.5. The zero-order chi connectivity index (χ0) is 19.7. The van der Waals surface area contributed by atoms with Crippen molar-refractivity contribution in [3.8, 4) is 0 Å². The number of aryl methyl sites for hydroxylation is 1. The van der Waals surface area contributed by atoms with Gasteiger partial charge in [0.05, 0.1) is 17.8 Å². The molecule has 0 radical (unpaired) electrons. The minimum atomic E-state index is -0.383. The van der Waals surface area contributed by atoms with Gasteiger partial charge in [0.2, 0.25) is 0 Å². The third-order valence-corrected chi connectivity index (χ3v) is 5.22. The maximum Gasteiger partial charge on any atom is 0.494 e. The van der Waals surface area contributed by atoms with Crippen LogP contribution in [-0.4, -0.2) is 24.2 Å². The van der Waals surface area contributed by atoms with E-state index in [0.29, 0.717) is 5.56 Å². The van der Waals surface area contributed by atoms with Crippen LogP contribution in [0.2, 0.25) is 0 Å². The summed E-state index contributed by atoms with van der Waals surface area (Å²) in [6.45, 7) is 10.4. The number of hydroxylamine groups is 1. The van der Waals surface area contributed by atoms with E-state index in [1.54, 1.807) is 12.1 Å². The van der Waals surface area contributed by atoms with Gasteiger partial charge in [0.1, 0.15) is 0 Å². The van der Waals surface area contributed by atoms with E-state index in [0.717, 1.165) is 16.6 Å². The highest BCUT2D eigenvalue weighted by Gasteiger charge is 2.51. The summed E-state index contributed by atoms with van der Waals surface area (Å²) in [7, 11) is -0.383. The van der Waals surface area contributed by atoms with Gasteiger partial charge in [-0.25, -0.2) is 5.48 Å². The molecule has 2 aromatic carbocycles. The summed E-state index contributed by atoms with van der Waals surface area (Å²) >= 11 is 0. The molecule has 1 amide bonds. The van der Waals surface area contributed by atoms with Crippen LogP contribution in [0.4, 0.5) is 0 Å². The largest absolute Gasteiger partial charge is 0.494 e. The van der Waals surface area contributed by atoms with Gasteiger partial charge in [-0.1, -0.05) is 42.0 Å². The monoisotopic (exact) mass is 367 g/mol. The fourth-order valence-corrected chi connectivity index (χ4v) is 2.70. The normalized spacial score (nSPS) is 17.7. The van der Waals surface area contributed by atoms with E-state index in [-0.39, 0.29) is 30.8 Å². The van der Waals surface area contributed by atoms with Gasteiger partial charge in [-0.3, -0.25) is 9.63 Å². The van der Waals surface area contributed by atoms with Crippen LogP contribution in [-0.2, 0) is 20.8 Å². The summed E-state index contributed by atoms with van der Waals surface area (Å²) in [5.74, 6) is -0.260. The fourth-order valence-electron chi connectivity index (χ4n) is 2.70. The second-order valence-corrected chi connectivity index (χ2v) is 7.92. The quantitative estimate of drug-likeness (QED) is 0.652. The third kappa shape index (κ3) is 4.41. The van der Waals surface area contributed by atoms with E-state index in [2.05, 4.69) is 5.48 Å². The van der Waals surface area contributed by atoms with Crippen LogP contribution in [0.25, 0.3) is 0 Å². The SMILES string of the molecule is Cc1ccc(C(=O)NOCc2ccc(B3OC(C)(C)C(C)(C)O3)cc2)cc1. The lowest BCUT2D eigenvalue weighted by Crippen LogP contribution is -2.41. The molecule has 0 unspecified atom stereocenters. The minimum absolute atomic E-state index is 0.260. The zero-order valence-electron chi connectivity index (χ0n) is 16.5. The molecule has 1 saturated heterocycles. The number of carbonyl (C=O) groups is 1. The molecule has 0 aliphatic carbocycles. The molecular weight excluding hydrogens is 341 g/mol. The molecule has 0 saturated carbocycles. The van der Waals surface area contributed by atoms with E-state index in [4.69, 9.17) is 14.1 Å². The van der Waals surface area contributed by atoms with Gasteiger partial charge in [-0.15, -0.1) is 0 Å². The van der Waals surface area contributed by atoms with Crippen LogP contribution < -0.4 is 10.9 Å². The van der Waals surface area contributed by atoms with E-state index in [9.17, 15) is 4.79 Å². The van der Waals surface area contributed by atoms with Crippen LogP contribution in [0, 0.1) is 6.92 Å². The first-order chi connectivity index (χ1) is 12.7. The Morgan fingerprint density at radius 1 is 0.963 bits per heavy atom. The third-order valence-electron chi connectivity index (χ3n) is 5.22. The van der Waals surface area contributed by atoms with Crippen LogP contribution >= 0.6 is 0 Å². The van der Waals surface area contributed by atoms with Crippen molar-refractivity contribution >= 4 is 18.5 Å². The van der Waals surface area contributed by atoms with Gasteiger partial charge in [-0.2, -0.15) is 0 Å². The minimum Gasteiger partial charge on any atom is -0.399 e. The highest BCUT2D eigenvalue weighted by Crippen LogP contribution is 2.36. The molecular formula is C21H26BNO4. The fraction of sp³-hybridized carbons (Fsp3) is 0.381. The van der Waals surface area contributed by atoms with Gasteiger partial charge < -0.3 is 9.31 Å². The number of hydrogen-bond acceptors (Lipinski definition) is 4. The average molecular weight is 367 g/mol. The van der Waals surface area contributed by atoms with E-state index < -0.39 is 0 Å². The Morgan fingerprint density at radius 2 is 1.52 bits per heavy atom. The summed E-state index contributed by atoms with van der Waals surface area (Å²) in [6, 6.07) is 15.1. The number of carbonyl (C=O) groups excluding carboxylic acids is 1. The Bertz CT molecular complexity index is 784. The van der Waals surface area contributed by atoms with E-state index in [1.807, 2.05) is 71.0 Å². The topological polar surface area (TPSA) is 56.8 Å². The molecule has 1 fully saturated rings. The maximum absolute atomic E-state index is 12.0. The highest BCUT2D eigenvalue weighted by atomic mass is 16.7. The Hall–Kier alpha value is -2.15. The van der Waals surface area contributed by atoms with Gasteiger partial charge >= 0.3 is 7.12 Å². The van der Waals surface area contributed by atoms with Crippen molar-refractivity contribution < 1.29 is 18.9 Å². The van der Waals surface area contributed by atoms with Crippen LogP contribution in [0.5, 0.6) is 0 Å². The van der Waals surface area contributed by atoms with Crippen molar-refractivity contribution in [2.24, 2.45) is 0 Å². The number of amides is 1. The van der Waals surface area contributed by atoms with Crippen molar-refractivity contribution in [1.82, 2.24) is 5.48 Å². The first kappa shape index (κ1) is 19.6. The Morgan fingerprint density at radius 3 is 2.07 bits per heavy atom. The molecule has 0 bridgehead atoms. The molecule has 27 heavy (non-hydrogen) atoms. The van der Waals surface area contributed by atoms with Gasteiger partial charge in [-0.05, 0) is 57.8 Å². The second-order valence-electron chi connectivity index (χ2n) is 7.92. The second kappa shape index (κ2) is 7.47. The van der Waals surface area contributed by atoms with Crippen molar-refractivity contribution in [3.63, 3.8) is 0 Å². The molecule has 1 aliphatic rings. The van der Waals surface area contributed by atoms with Crippen molar-refractivity contribution in [3.05, 3.63) is 65.2 Å². The molecule has 6 heteroatoms. The summed E-state index contributed by atoms with van der Waals surface area (Å²) in [5.41, 5.74) is 5.32. The van der Waals surface area contributed by atoms with Gasteiger partial charge in [0, 0.05) is 5.56 Å². The molecule has 5 nitrogen and oxygen atoms in total. The number of rotatable bonds is 5. The van der Waals surface area contributed by atoms with Crippen molar-refractivity contribution in [1.29, 1.82) is 0 Å². The Kier molecular flexibility index (Phi) is 5.42. The summed E-state index contributed by atoms with van der Waals surface area (Å²) in [4.78, 5) is 17.4. The number of hydrogen-bond donors (Lipinski definition) is 1. The standard InChI is InChI=1S/C21H26BNO4/c1-15-6-10-17(11-7-15)19(24)23-25-14-16-8-12-18(13-9-16)22-26-20(2,3)21(4,5)27-22/h6-13H,14H2,1-5H3,(H,23,24). The summed E-state index contributed by atoms with van der Waals surface area (Å²) in [6.07, 6.45) is 0. The molecule has 142 valence electrons. The molecule has 1 heterocycles. The van der Waals surface area contributed by atoms with E-state index in [1.165, 1.54) is 0 Å². The lowest BCUT2D eigenvalue weighted by molar-refractivity contribution is 0.00578. The first-order valence-corrected chi connectivity index (χ1v) is 9.11. The number of nitrogens with one attached hydrogen (secondary N) is 1. The average Bonchev–Trinajstić information content (AvgIpc) is 2.83. The lowest BCUT2D eigenvalue weighted by Gasteiger charge is -2.32. The maximum atomic E-state index is 12.0. The summed E-state index contributed by atoms with van der Waals surface area (Å²) in [5, 5.41) is 0. The molecule has 0 atom stereocenters.